The molecular formula is C18H24N2O. The number of rotatable bonds is 5. The summed E-state index contributed by atoms with van der Waals surface area (Å²) in [7, 11) is 0. The lowest BCUT2D eigenvalue weighted by Crippen LogP contribution is -2.40. The highest BCUT2D eigenvalue weighted by Gasteiger charge is 2.14. The van der Waals surface area contributed by atoms with Gasteiger partial charge in [-0.2, -0.15) is 0 Å². The van der Waals surface area contributed by atoms with E-state index < -0.39 is 0 Å². The molecule has 3 heteroatoms. The quantitative estimate of drug-likeness (QED) is 0.886. The Labute approximate surface area is 126 Å². The van der Waals surface area contributed by atoms with E-state index in [1.165, 1.54) is 16.3 Å². The van der Waals surface area contributed by atoms with Gasteiger partial charge >= 0.3 is 0 Å². The Balaban J connectivity index is 1.60. The average molecular weight is 284 g/mol. The van der Waals surface area contributed by atoms with E-state index in [1.54, 1.807) is 0 Å². The summed E-state index contributed by atoms with van der Waals surface area (Å²) in [6.45, 7) is 6.02. The van der Waals surface area contributed by atoms with Crippen LogP contribution in [-0.2, 0) is 4.74 Å². The van der Waals surface area contributed by atoms with Crippen LogP contribution in [0.3, 0.4) is 0 Å². The van der Waals surface area contributed by atoms with E-state index in [2.05, 4.69) is 60.0 Å². The number of fused-ring (bicyclic) bond motifs is 1. The molecule has 2 aromatic carbocycles. The number of hydrogen-bond acceptors (Lipinski definition) is 3. The van der Waals surface area contributed by atoms with Crippen molar-refractivity contribution in [3.63, 3.8) is 0 Å². The zero-order valence-electron chi connectivity index (χ0n) is 12.6. The third-order valence-electron chi connectivity index (χ3n) is 4.21. The van der Waals surface area contributed by atoms with Gasteiger partial charge in [-0.3, -0.25) is 0 Å². The van der Waals surface area contributed by atoms with Crippen molar-refractivity contribution in [1.82, 2.24) is 10.6 Å². The number of hydrogen-bond donors (Lipinski definition) is 2. The lowest BCUT2D eigenvalue weighted by molar-refractivity contribution is 0.0235. The Hall–Kier alpha value is -1.42. The topological polar surface area (TPSA) is 33.3 Å². The molecule has 2 aromatic rings. The molecule has 1 aliphatic rings. The molecule has 1 heterocycles. The summed E-state index contributed by atoms with van der Waals surface area (Å²) in [6, 6.07) is 15.5. The molecule has 3 rings (SSSR count). The average Bonchev–Trinajstić information content (AvgIpc) is 2.55. The first kappa shape index (κ1) is 14.5. The summed E-state index contributed by atoms with van der Waals surface area (Å²) in [4.78, 5) is 0. The van der Waals surface area contributed by atoms with Gasteiger partial charge in [0.25, 0.3) is 0 Å². The number of nitrogens with one attached hydrogen (secondary N) is 2. The van der Waals surface area contributed by atoms with Crippen molar-refractivity contribution in [1.29, 1.82) is 0 Å². The highest BCUT2D eigenvalue weighted by Crippen LogP contribution is 2.23. The molecule has 0 amide bonds. The van der Waals surface area contributed by atoms with Crippen molar-refractivity contribution in [2.75, 3.05) is 26.2 Å². The Morgan fingerprint density at radius 2 is 2.10 bits per heavy atom. The van der Waals surface area contributed by atoms with E-state index in [0.717, 1.165) is 32.7 Å². The van der Waals surface area contributed by atoms with Crippen LogP contribution in [-0.4, -0.2) is 32.3 Å². The molecule has 0 saturated carbocycles. The van der Waals surface area contributed by atoms with Crippen LogP contribution >= 0.6 is 0 Å². The summed E-state index contributed by atoms with van der Waals surface area (Å²) in [6.07, 6.45) is 1.41. The minimum absolute atomic E-state index is 0.353. The number of benzene rings is 2. The first-order valence-corrected chi connectivity index (χ1v) is 7.88. The number of ether oxygens (including phenoxy) is 1. The van der Waals surface area contributed by atoms with Crippen molar-refractivity contribution in [3.05, 3.63) is 48.0 Å². The van der Waals surface area contributed by atoms with Crippen molar-refractivity contribution >= 4 is 10.8 Å². The summed E-state index contributed by atoms with van der Waals surface area (Å²) < 4.78 is 5.73. The largest absolute Gasteiger partial charge is 0.376 e. The molecule has 2 N–H and O–H groups in total. The predicted octanol–water partition coefficient (Wildman–Crippen LogP) is 2.87. The first-order chi connectivity index (χ1) is 10.3. The van der Waals surface area contributed by atoms with E-state index in [1.807, 2.05) is 0 Å². The fourth-order valence-electron chi connectivity index (χ4n) is 3.00. The van der Waals surface area contributed by atoms with Crippen LogP contribution in [0.15, 0.2) is 42.5 Å². The van der Waals surface area contributed by atoms with Crippen LogP contribution in [0.25, 0.3) is 10.8 Å². The second kappa shape index (κ2) is 7.03. The fourth-order valence-corrected chi connectivity index (χ4v) is 3.00. The highest BCUT2D eigenvalue weighted by atomic mass is 16.5. The van der Waals surface area contributed by atoms with Gasteiger partial charge in [-0.25, -0.2) is 0 Å². The van der Waals surface area contributed by atoms with Crippen molar-refractivity contribution < 1.29 is 4.74 Å². The van der Waals surface area contributed by atoms with Crippen molar-refractivity contribution in [3.8, 4) is 0 Å². The maximum atomic E-state index is 5.73. The minimum atomic E-state index is 0.353. The maximum Gasteiger partial charge on any atom is 0.0712 e. The standard InChI is InChI=1S/C18H24N2O/c1-14(20-10-9-16-13-19-11-12-21-16)17-8-4-6-15-5-2-3-7-18(15)17/h2-8,14,16,19-20H,9-13H2,1H3. The van der Waals surface area contributed by atoms with E-state index in [0.29, 0.717) is 12.1 Å². The summed E-state index contributed by atoms with van der Waals surface area (Å²) in [5, 5.41) is 9.66. The smallest absolute Gasteiger partial charge is 0.0712 e. The molecule has 2 unspecified atom stereocenters. The summed E-state index contributed by atoms with van der Waals surface area (Å²) >= 11 is 0. The Morgan fingerprint density at radius 1 is 1.24 bits per heavy atom. The first-order valence-electron chi connectivity index (χ1n) is 7.88. The van der Waals surface area contributed by atoms with Crippen LogP contribution in [0.1, 0.15) is 24.9 Å². The van der Waals surface area contributed by atoms with Crippen LogP contribution < -0.4 is 10.6 Å². The lowest BCUT2D eigenvalue weighted by atomic mass is 9.99. The van der Waals surface area contributed by atoms with Gasteiger partial charge in [0, 0.05) is 19.1 Å². The van der Waals surface area contributed by atoms with Gasteiger partial charge in [-0.1, -0.05) is 42.5 Å². The van der Waals surface area contributed by atoms with Crippen molar-refractivity contribution in [2.45, 2.75) is 25.5 Å². The molecule has 0 aromatic heterocycles. The Kier molecular flexibility index (Phi) is 4.86. The normalized spacial score (nSPS) is 20.5. The molecule has 2 atom stereocenters. The third kappa shape index (κ3) is 3.62. The van der Waals surface area contributed by atoms with Crippen LogP contribution in [0.5, 0.6) is 0 Å². The van der Waals surface area contributed by atoms with Crippen molar-refractivity contribution in [2.24, 2.45) is 0 Å². The Bertz CT molecular complexity index is 573. The lowest BCUT2D eigenvalue weighted by Gasteiger charge is -2.24. The van der Waals surface area contributed by atoms with E-state index >= 15 is 0 Å². The van der Waals surface area contributed by atoms with Gasteiger partial charge in [0.1, 0.15) is 0 Å². The van der Waals surface area contributed by atoms with Gasteiger partial charge in [-0.15, -0.1) is 0 Å². The highest BCUT2D eigenvalue weighted by molar-refractivity contribution is 5.86. The van der Waals surface area contributed by atoms with Crippen LogP contribution in [0.2, 0.25) is 0 Å². The molecule has 1 aliphatic heterocycles. The van der Waals surface area contributed by atoms with Crippen LogP contribution in [0, 0.1) is 0 Å². The molecule has 3 nitrogen and oxygen atoms in total. The monoisotopic (exact) mass is 284 g/mol. The van der Waals surface area contributed by atoms with Crippen LogP contribution in [0.4, 0.5) is 0 Å². The molecule has 0 aliphatic carbocycles. The van der Waals surface area contributed by atoms with Gasteiger partial charge in [-0.05, 0) is 36.2 Å². The third-order valence-corrected chi connectivity index (χ3v) is 4.21. The molecule has 1 fully saturated rings. The number of morpholine rings is 1. The predicted molar refractivity (Wildman–Crippen MR) is 87.6 cm³/mol. The molecular weight excluding hydrogens is 260 g/mol. The zero-order valence-corrected chi connectivity index (χ0v) is 12.6. The van der Waals surface area contributed by atoms with Gasteiger partial charge in [0.2, 0.25) is 0 Å². The molecule has 112 valence electrons. The molecule has 0 spiro atoms. The maximum absolute atomic E-state index is 5.73. The SMILES string of the molecule is CC(NCCC1CNCCO1)c1cccc2ccccc12. The second-order valence-corrected chi connectivity index (χ2v) is 5.73. The Morgan fingerprint density at radius 3 is 2.95 bits per heavy atom. The molecule has 0 bridgehead atoms. The second-order valence-electron chi connectivity index (χ2n) is 5.73. The van der Waals surface area contributed by atoms with Gasteiger partial charge in [0.05, 0.1) is 12.7 Å². The minimum Gasteiger partial charge on any atom is -0.376 e. The fraction of sp³-hybridized carbons (Fsp3) is 0.444. The van der Waals surface area contributed by atoms with E-state index in [-0.39, 0.29) is 0 Å². The van der Waals surface area contributed by atoms with Gasteiger partial charge in [0.15, 0.2) is 0 Å². The summed E-state index contributed by atoms with van der Waals surface area (Å²) in [5.74, 6) is 0. The van der Waals surface area contributed by atoms with E-state index in [4.69, 9.17) is 4.74 Å². The zero-order chi connectivity index (χ0) is 14.5. The summed E-state index contributed by atoms with van der Waals surface area (Å²) in [5.41, 5.74) is 1.37. The molecule has 0 radical (unpaired) electrons. The molecule has 21 heavy (non-hydrogen) atoms. The molecule has 1 saturated heterocycles. The van der Waals surface area contributed by atoms with Gasteiger partial charge < -0.3 is 15.4 Å². The van der Waals surface area contributed by atoms with E-state index in [9.17, 15) is 0 Å².